The maximum atomic E-state index is 13.9. The van der Waals surface area contributed by atoms with E-state index in [1.54, 1.807) is 56.3 Å². The summed E-state index contributed by atoms with van der Waals surface area (Å²) in [6.07, 6.45) is 0.282. The summed E-state index contributed by atoms with van der Waals surface area (Å²) in [7, 11) is -2.75. The van der Waals surface area contributed by atoms with Crippen molar-refractivity contribution in [1.29, 1.82) is 0 Å². The summed E-state index contributed by atoms with van der Waals surface area (Å²) in [5.41, 5.74) is 0.521. The van der Waals surface area contributed by atoms with Crippen LogP contribution in [-0.2, 0) is 26.2 Å². The predicted molar refractivity (Wildman–Crippen MR) is 150 cm³/mol. The third-order valence-corrected chi connectivity index (χ3v) is 7.97. The molecule has 0 aliphatic rings. The number of non-ortho nitro benzene ring substituents is 1. The number of nitrogens with zero attached hydrogens (tertiary/aromatic N) is 3. The summed E-state index contributed by atoms with van der Waals surface area (Å²) < 4.78 is 33.7. The molecule has 1 N–H and O–H groups in total. The van der Waals surface area contributed by atoms with Gasteiger partial charge in [0.1, 0.15) is 18.3 Å². The standard InChI is InChI=1S/C28H32N4O7S/c1-4-26(28(34)29-5-2)30(19-21-10-9-11-24(18-21)39-3)27(33)20-31(22-14-16-23(17-15-22)32(35)36)40(37,38)25-12-7-6-8-13-25/h6-18,26H,4-5,19-20H2,1-3H3,(H,29,34)/t26-/m1/s1. The van der Waals surface area contributed by atoms with Gasteiger partial charge in [-0.1, -0.05) is 37.3 Å². The normalized spacial score (nSPS) is 11.8. The van der Waals surface area contributed by atoms with Gasteiger partial charge in [0.25, 0.3) is 15.7 Å². The summed E-state index contributed by atoms with van der Waals surface area (Å²) in [6.45, 7) is 3.26. The molecule has 0 saturated heterocycles. The van der Waals surface area contributed by atoms with Crippen LogP contribution in [0, 0.1) is 10.1 Å². The number of methoxy groups -OCH3 is 1. The second kappa shape index (κ2) is 13.6. The molecule has 0 bridgehead atoms. The van der Waals surface area contributed by atoms with Crippen molar-refractivity contribution in [3.05, 3.63) is 94.5 Å². The average Bonchev–Trinajstić information content (AvgIpc) is 2.96. The minimum absolute atomic E-state index is 0.0190. The highest BCUT2D eigenvalue weighted by molar-refractivity contribution is 7.92. The van der Waals surface area contributed by atoms with E-state index in [2.05, 4.69) is 5.32 Å². The third-order valence-electron chi connectivity index (χ3n) is 6.18. The van der Waals surface area contributed by atoms with E-state index in [-0.39, 0.29) is 35.1 Å². The minimum Gasteiger partial charge on any atom is -0.497 e. The van der Waals surface area contributed by atoms with Gasteiger partial charge in [0.2, 0.25) is 11.8 Å². The van der Waals surface area contributed by atoms with Crippen molar-refractivity contribution in [3.63, 3.8) is 0 Å². The molecule has 40 heavy (non-hydrogen) atoms. The van der Waals surface area contributed by atoms with Crippen LogP contribution >= 0.6 is 0 Å². The van der Waals surface area contributed by atoms with Gasteiger partial charge in [-0.2, -0.15) is 0 Å². The Bertz CT molecular complexity index is 1430. The van der Waals surface area contributed by atoms with Gasteiger partial charge in [-0.3, -0.25) is 24.0 Å². The Morgan fingerprint density at radius 1 is 1.00 bits per heavy atom. The molecule has 1 atom stereocenters. The van der Waals surface area contributed by atoms with Crippen molar-refractivity contribution in [2.75, 3.05) is 24.5 Å². The number of rotatable bonds is 13. The smallest absolute Gasteiger partial charge is 0.269 e. The zero-order valence-electron chi connectivity index (χ0n) is 22.5. The number of sulfonamides is 1. The van der Waals surface area contributed by atoms with Crippen molar-refractivity contribution in [2.24, 2.45) is 0 Å². The van der Waals surface area contributed by atoms with E-state index < -0.39 is 33.4 Å². The molecule has 212 valence electrons. The van der Waals surface area contributed by atoms with E-state index >= 15 is 0 Å². The second-order valence-electron chi connectivity index (χ2n) is 8.79. The summed E-state index contributed by atoms with van der Waals surface area (Å²) in [6, 6.07) is 18.6. The molecule has 12 heteroatoms. The van der Waals surface area contributed by atoms with Crippen LogP contribution in [0.5, 0.6) is 5.75 Å². The zero-order valence-corrected chi connectivity index (χ0v) is 23.3. The number of nitrogens with one attached hydrogen (secondary N) is 1. The van der Waals surface area contributed by atoms with Crippen LogP contribution < -0.4 is 14.4 Å². The number of likely N-dealkylation sites (N-methyl/N-ethyl adjacent to an activating group) is 1. The summed E-state index contributed by atoms with van der Waals surface area (Å²) in [5, 5.41) is 13.9. The van der Waals surface area contributed by atoms with Crippen LogP contribution in [0.25, 0.3) is 0 Å². The zero-order chi connectivity index (χ0) is 29.3. The van der Waals surface area contributed by atoms with Gasteiger partial charge in [-0.15, -0.1) is 0 Å². The predicted octanol–water partition coefficient (Wildman–Crippen LogP) is 3.74. The Labute approximate surface area is 233 Å². The number of benzene rings is 3. The number of carbonyl (C=O) groups excluding carboxylic acids is 2. The molecule has 0 saturated carbocycles. The molecule has 11 nitrogen and oxygen atoms in total. The van der Waals surface area contributed by atoms with Gasteiger partial charge >= 0.3 is 0 Å². The Kier molecular flexibility index (Phi) is 10.2. The number of hydrogen-bond donors (Lipinski definition) is 1. The highest BCUT2D eigenvalue weighted by Crippen LogP contribution is 2.27. The molecular weight excluding hydrogens is 536 g/mol. The molecule has 0 heterocycles. The first-order chi connectivity index (χ1) is 19.1. The average molecular weight is 569 g/mol. The number of anilines is 1. The fourth-order valence-electron chi connectivity index (χ4n) is 4.17. The maximum Gasteiger partial charge on any atom is 0.269 e. The Morgan fingerprint density at radius 2 is 1.68 bits per heavy atom. The summed E-state index contributed by atoms with van der Waals surface area (Å²) >= 11 is 0. The number of nitro groups is 1. The lowest BCUT2D eigenvalue weighted by Gasteiger charge is -2.33. The largest absolute Gasteiger partial charge is 0.497 e. The molecule has 0 radical (unpaired) electrons. The van der Waals surface area contributed by atoms with E-state index in [0.29, 0.717) is 17.9 Å². The first-order valence-electron chi connectivity index (χ1n) is 12.6. The molecule has 3 aromatic carbocycles. The van der Waals surface area contributed by atoms with Crippen LogP contribution in [0.3, 0.4) is 0 Å². The SMILES string of the molecule is CCNC(=O)[C@@H](CC)N(Cc1cccc(OC)c1)C(=O)CN(c1ccc([N+](=O)[O-])cc1)S(=O)(=O)c1ccccc1. The van der Waals surface area contributed by atoms with E-state index in [1.165, 1.54) is 48.4 Å². The molecule has 3 rings (SSSR count). The lowest BCUT2D eigenvalue weighted by Crippen LogP contribution is -2.52. The minimum atomic E-state index is -4.27. The molecule has 0 fully saturated rings. The first-order valence-corrected chi connectivity index (χ1v) is 14.1. The van der Waals surface area contributed by atoms with Crippen molar-refractivity contribution in [3.8, 4) is 5.75 Å². The molecule has 3 aromatic rings. The Hall–Kier alpha value is -4.45. The number of ether oxygens (including phenoxy) is 1. The number of carbonyl (C=O) groups is 2. The van der Waals surface area contributed by atoms with Gasteiger partial charge in [0.05, 0.1) is 22.6 Å². The molecule has 0 unspecified atom stereocenters. The first kappa shape index (κ1) is 30.1. The molecular formula is C28H32N4O7S. The second-order valence-corrected chi connectivity index (χ2v) is 10.7. The Balaban J connectivity index is 2.07. The van der Waals surface area contributed by atoms with Crippen LogP contribution in [0.15, 0.2) is 83.8 Å². The molecule has 0 spiro atoms. The number of amides is 2. The van der Waals surface area contributed by atoms with Crippen molar-refractivity contribution in [1.82, 2.24) is 10.2 Å². The quantitative estimate of drug-likeness (QED) is 0.245. The lowest BCUT2D eigenvalue weighted by molar-refractivity contribution is -0.384. The van der Waals surface area contributed by atoms with Crippen LogP contribution in [0.4, 0.5) is 11.4 Å². The molecule has 0 aliphatic carbocycles. The van der Waals surface area contributed by atoms with Gasteiger partial charge in [0, 0.05) is 25.2 Å². The van der Waals surface area contributed by atoms with E-state index in [4.69, 9.17) is 4.74 Å². The summed E-state index contributed by atoms with van der Waals surface area (Å²) in [5.74, 6) is -0.428. The van der Waals surface area contributed by atoms with E-state index in [9.17, 15) is 28.1 Å². The summed E-state index contributed by atoms with van der Waals surface area (Å²) in [4.78, 5) is 38.8. The fourth-order valence-corrected chi connectivity index (χ4v) is 5.60. The van der Waals surface area contributed by atoms with E-state index in [0.717, 1.165) is 4.31 Å². The van der Waals surface area contributed by atoms with Crippen LogP contribution in [-0.4, -0.2) is 56.3 Å². The van der Waals surface area contributed by atoms with Crippen LogP contribution in [0.2, 0.25) is 0 Å². The van der Waals surface area contributed by atoms with Crippen LogP contribution in [0.1, 0.15) is 25.8 Å². The highest BCUT2D eigenvalue weighted by atomic mass is 32.2. The van der Waals surface area contributed by atoms with Gasteiger partial charge in [-0.05, 0) is 55.3 Å². The maximum absolute atomic E-state index is 13.9. The van der Waals surface area contributed by atoms with Crippen molar-refractivity contribution < 1.29 is 27.7 Å². The molecule has 2 amide bonds. The molecule has 0 aromatic heterocycles. The number of nitro benzene ring substituents is 1. The van der Waals surface area contributed by atoms with E-state index in [1.807, 2.05) is 0 Å². The van der Waals surface area contributed by atoms with Gasteiger partial charge in [-0.25, -0.2) is 8.42 Å². The Morgan fingerprint density at radius 3 is 2.25 bits per heavy atom. The van der Waals surface area contributed by atoms with Gasteiger partial charge in [0.15, 0.2) is 0 Å². The van der Waals surface area contributed by atoms with Gasteiger partial charge < -0.3 is 15.0 Å². The van der Waals surface area contributed by atoms with Crippen molar-refractivity contribution in [2.45, 2.75) is 37.8 Å². The highest BCUT2D eigenvalue weighted by Gasteiger charge is 2.33. The monoisotopic (exact) mass is 568 g/mol. The fraction of sp³-hybridized carbons (Fsp3) is 0.286. The topological polar surface area (TPSA) is 139 Å². The van der Waals surface area contributed by atoms with Crippen molar-refractivity contribution >= 4 is 33.2 Å². The number of hydrogen-bond acceptors (Lipinski definition) is 7. The lowest BCUT2D eigenvalue weighted by atomic mass is 10.1. The third kappa shape index (κ3) is 7.14. The molecule has 0 aliphatic heterocycles.